The molecule has 0 aliphatic carbocycles. The molecule has 1 aliphatic rings. The lowest BCUT2D eigenvalue weighted by atomic mass is 9.99. The molecule has 1 fully saturated rings. The Bertz CT molecular complexity index is 857. The lowest BCUT2D eigenvalue weighted by Gasteiger charge is -2.05. The van der Waals surface area contributed by atoms with Crippen LogP contribution in [0.4, 0.5) is 0 Å². The maximum absolute atomic E-state index is 5.81. The molecule has 1 aromatic carbocycles. The molecule has 5 heteroatoms. The number of hydrogen-bond acceptors (Lipinski definition) is 5. The van der Waals surface area contributed by atoms with Crippen LogP contribution in [-0.2, 0) is 11.2 Å². The van der Waals surface area contributed by atoms with E-state index in [1.807, 2.05) is 6.26 Å². The molecule has 1 atom stereocenters. The van der Waals surface area contributed by atoms with Crippen LogP contribution in [0.15, 0.2) is 21.3 Å². The molecule has 0 unspecified atom stereocenters. The van der Waals surface area contributed by atoms with Crippen LogP contribution >= 0.6 is 0 Å². The Labute approximate surface area is 134 Å². The third-order valence-corrected chi connectivity index (χ3v) is 4.75. The second-order valence-electron chi connectivity index (χ2n) is 6.38. The van der Waals surface area contributed by atoms with Gasteiger partial charge < -0.3 is 13.7 Å². The summed E-state index contributed by atoms with van der Waals surface area (Å²) in [7, 11) is 0. The second-order valence-corrected chi connectivity index (χ2v) is 6.38. The van der Waals surface area contributed by atoms with Gasteiger partial charge in [0, 0.05) is 23.5 Å². The number of aromatic nitrogens is 2. The number of rotatable bonds is 3. The lowest BCUT2D eigenvalue weighted by molar-refractivity contribution is 0.192. The van der Waals surface area contributed by atoms with E-state index >= 15 is 0 Å². The molecule has 23 heavy (non-hydrogen) atoms. The highest BCUT2D eigenvalue weighted by molar-refractivity contribution is 5.88. The van der Waals surface area contributed by atoms with E-state index in [0.717, 1.165) is 35.4 Å². The quantitative estimate of drug-likeness (QED) is 0.735. The molecule has 120 valence electrons. The minimum Gasteiger partial charge on any atom is -0.464 e. The number of aryl methyl sites for hydroxylation is 3. The SMILES string of the molecule is Cc1cc(C)c2c(Cc3nc([C@@H]4CCOC4)no3)coc2c1C. The van der Waals surface area contributed by atoms with Crippen molar-refractivity contribution in [1.29, 1.82) is 0 Å². The zero-order chi connectivity index (χ0) is 16.0. The smallest absolute Gasteiger partial charge is 0.231 e. The van der Waals surface area contributed by atoms with Gasteiger partial charge in [0.15, 0.2) is 5.82 Å². The van der Waals surface area contributed by atoms with Crippen molar-refractivity contribution in [2.45, 2.75) is 39.5 Å². The number of benzene rings is 1. The van der Waals surface area contributed by atoms with E-state index in [-0.39, 0.29) is 5.92 Å². The third-order valence-electron chi connectivity index (χ3n) is 4.75. The summed E-state index contributed by atoms with van der Waals surface area (Å²) in [6.45, 7) is 7.78. The molecule has 1 saturated heterocycles. The fraction of sp³-hybridized carbons (Fsp3) is 0.444. The topological polar surface area (TPSA) is 61.3 Å². The number of hydrogen-bond donors (Lipinski definition) is 0. The van der Waals surface area contributed by atoms with Crippen LogP contribution in [0.25, 0.3) is 11.0 Å². The van der Waals surface area contributed by atoms with Gasteiger partial charge in [0.2, 0.25) is 5.89 Å². The molecule has 4 rings (SSSR count). The van der Waals surface area contributed by atoms with Gasteiger partial charge in [-0.2, -0.15) is 4.98 Å². The fourth-order valence-electron chi connectivity index (χ4n) is 3.32. The number of fused-ring (bicyclic) bond motifs is 1. The molecule has 3 aromatic rings. The molecule has 0 bridgehead atoms. The molecular weight excluding hydrogens is 292 g/mol. The van der Waals surface area contributed by atoms with Crippen LogP contribution in [0, 0.1) is 20.8 Å². The van der Waals surface area contributed by atoms with Crippen LogP contribution in [0.1, 0.15) is 46.3 Å². The summed E-state index contributed by atoms with van der Waals surface area (Å²) in [5.41, 5.74) is 5.71. The van der Waals surface area contributed by atoms with Crippen molar-refractivity contribution in [3.05, 3.63) is 46.3 Å². The fourth-order valence-corrected chi connectivity index (χ4v) is 3.32. The van der Waals surface area contributed by atoms with E-state index in [1.165, 1.54) is 16.7 Å². The largest absolute Gasteiger partial charge is 0.464 e. The Morgan fingerprint density at radius 3 is 2.87 bits per heavy atom. The molecule has 2 aromatic heterocycles. The summed E-state index contributed by atoms with van der Waals surface area (Å²) in [6.07, 6.45) is 3.37. The zero-order valence-corrected chi connectivity index (χ0v) is 13.7. The van der Waals surface area contributed by atoms with Crippen LogP contribution in [0.2, 0.25) is 0 Å². The first kappa shape index (κ1) is 14.5. The Morgan fingerprint density at radius 2 is 2.09 bits per heavy atom. The van der Waals surface area contributed by atoms with Gasteiger partial charge in [-0.3, -0.25) is 0 Å². The lowest BCUT2D eigenvalue weighted by Crippen LogP contribution is -2.00. The second kappa shape index (κ2) is 5.49. The maximum Gasteiger partial charge on any atom is 0.231 e. The maximum atomic E-state index is 5.81. The van der Waals surface area contributed by atoms with Gasteiger partial charge in [-0.1, -0.05) is 11.2 Å². The molecule has 0 radical (unpaired) electrons. The summed E-state index contributed by atoms with van der Waals surface area (Å²) in [5, 5.41) is 5.28. The Balaban J connectivity index is 1.67. The normalized spacial score (nSPS) is 18.1. The highest BCUT2D eigenvalue weighted by Gasteiger charge is 2.23. The first-order valence-corrected chi connectivity index (χ1v) is 8.00. The van der Waals surface area contributed by atoms with E-state index in [1.54, 1.807) is 0 Å². The molecule has 1 aliphatic heterocycles. The number of nitrogens with zero attached hydrogens (tertiary/aromatic N) is 2. The molecule has 0 amide bonds. The average molecular weight is 312 g/mol. The van der Waals surface area contributed by atoms with Gasteiger partial charge in [0.05, 0.1) is 19.3 Å². The highest BCUT2D eigenvalue weighted by atomic mass is 16.5. The third kappa shape index (κ3) is 2.45. The number of ether oxygens (including phenoxy) is 1. The molecule has 3 heterocycles. The van der Waals surface area contributed by atoms with Gasteiger partial charge in [-0.15, -0.1) is 0 Å². The predicted molar refractivity (Wildman–Crippen MR) is 85.7 cm³/mol. The molecular formula is C18H20N2O3. The van der Waals surface area contributed by atoms with E-state index in [9.17, 15) is 0 Å². The van der Waals surface area contributed by atoms with Crippen molar-refractivity contribution < 1.29 is 13.7 Å². The molecule has 0 saturated carbocycles. The summed E-state index contributed by atoms with van der Waals surface area (Å²) in [5.74, 6) is 1.65. The van der Waals surface area contributed by atoms with Crippen molar-refractivity contribution in [3.8, 4) is 0 Å². The van der Waals surface area contributed by atoms with Crippen molar-refractivity contribution >= 4 is 11.0 Å². The monoisotopic (exact) mass is 312 g/mol. The van der Waals surface area contributed by atoms with Crippen molar-refractivity contribution in [3.63, 3.8) is 0 Å². The van der Waals surface area contributed by atoms with Gasteiger partial charge in [-0.25, -0.2) is 0 Å². The Morgan fingerprint density at radius 1 is 1.22 bits per heavy atom. The van der Waals surface area contributed by atoms with E-state index in [4.69, 9.17) is 13.7 Å². The van der Waals surface area contributed by atoms with E-state index in [2.05, 4.69) is 37.0 Å². The molecule has 5 nitrogen and oxygen atoms in total. The number of furan rings is 1. The van der Waals surface area contributed by atoms with Crippen molar-refractivity contribution in [2.24, 2.45) is 0 Å². The van der Waals surface area contributed by atoms with Gasteiger partial charge in [0.1, 0.15) is 5.58 Å². The molecule has 0 spiro atoms. The summed E-state index contributed by atoms with van der Waals surface area (Å²) in [6, 6.07) is 2.20. The van der Waals surface area contributed by atoms with Gasteiger partial charge in [0.25, 0.3) is 0 Å². The van der Waals surface area contributed by atoms with Gasteiger partial charge in [-0.05, 0) is 43.9 Å². The zero-order valence-electron chi connectivity index (χ0n) is 13.7. The summed E-state index contributed by atoms with van der Waals surface area (Å²) < 4.78 is 16.6. The Hall–Kier alpha value is -2.14. The standard InChI is InChI=1S/C18H20N2O3/c1-10-6-11(2)16-14(9-22-17(16)12(10)3)7-15-19-18(20-23-15)13-4-5-21-8-13/h6,9,13H,4-5,7-8H2,1-3H3/t13-/m1/s1. The van der Waals surface area contributed by atoms with Gasteiger partial charge >= 0.3 is 0 Å². The minimum absolute atomic E-state index is 0.264. The minimum atomic E-state index is 0.264. The molecule has 0 N–H and O–H groups in total. The predicted octanol–water partition coefficient (Wildman–Crippen LogP) is 3.84. The van der Waals surface area contributed by atoms with Crippen LogP contribution in [-0.4, -0.2) is 23.4 Å². The highest BCUT2D eigenvalue weighted by Crippen LogP contribution is 2.31. The first-order chi connectivity index (χ1) is 11.1. The van der Waals surface area contributed by atoms with Crippen LogP contribution in [0.3, 0.4) is 0 Å². The van der Waals surface area contributed by atoms with Crippen molar-refractivity contribution in [2.75, 3.05) is 13.2 Å². The summed E-state index contributed by atoms with van der Waals surface area (Å²) >= 11 is 0. The van der Waals surface area contributed by atoms with E-state index < -0.39 is 0 Å². The average Bonchev–Trinajstić information content (AvgIpc) is 3.25. The van der Waals surface area contributed by atoms with E-state index in [0.29, 0.717) is 18.9 Å². The first-order valence-electron chi connectivity index (χ1n) is 8.00. The van der Waals surface area contributed by atoms with Crippen molar-refractivity contribution in [1.82, 2.24) is 10.1 Å². The van der Waals surface area contributed by atoms with Crippen LogP contribution < -0.4 is 0 Å². The van der Waals surface area contributed by atoms with Crippen LogP contribution in [0.5, 0.6) is 0 Å². The summed E-state index contributed by atoms with van der Waals surface area (Å²) in [4.78, 5) is 4.54. The Kier molecular flexibility index (Phi) is 3.45.